The third-order valence-electron chi connectivity index (χ3n) is 3.51. The van der Waals surface area contributed by atoms with E-state index in [2.05, 4.69) is 4.72 Å². The minimum absolute atomic E-state index is 0.150. The summed E-state index contributed by atoms with van der Waals surface area (Å²) in [6.45, 7) is 1.71. The van der Waals surface area contributed by atoms with Gasteiger partial charge in [0.2, 0.25) is 10.0 Å². The molecule has 1 unspecified atom stereocenters. The second kappa shape index (κ2) is 7.41. The molecular weight excluding hydrogens is 332 g/mol. The van der Waals surface area contributed by atoms with Gasteiger partial charge in [-0.25, -0.2) is 13.1 Å². The van der Waals surface area contributed by atoms with Gasteiger partial charge < -0.3 is 4.74 Å². The van der Waals surface area contributed by atoms with Crippen molar-refractivity contribution in [2.45, 2.75) is 18.7 Å². The lowest BCUT2D eigenvalue weighted by atomic mass is 10.1. The molecule has 0 bridgehead atoms. The molecule has 2 rings (SSSR count). The molecule has 7 nitrogen and oxygen atoms in total. The molecule has 24 heavy (non-hydrogen) atoms. The Balaban J connectivity index is 2.14. The Bertz CT molecular complexity index is 819. The van der Waals surface area contributed by atoms with Gasteiger partial charge in [0.15, 0.2) is 0 Å². The fourth-order valence-electron chi connectivity index (χ4n) is 2.29. The highest BCUT2D eigenvalue weighted by molar-refractivity contribution is 7.88. The first-order valence-electron chi connectivity index (χ1n) is 7.18. The zero-order chi connectivity index (χ0) is 17.7. The van der Waals surface area contributed by atoms with Gasteiger partial charge in [0, 0.05) is 17.7 Å². The van der Waals surface area contributed by atoms with Crippen molar-refractivity contribution in [1.29, 1.82) is 0 Å². The number of para-hydroxylation sites is 1. The Labute approximate surface area is 140 Å². The number of nitrogens with zero attached hydrogens (tertiary/aromatic N) is 1. The van der Waals surface area contributed by atoms with Crippen LogP contribution in [0.3, 0.4) is 0 Å². The number of rotatable bonds is 7. The first-order valence-corrected chi connectivity index (χ1v) is 8.84. The van der Waals surface area contributed by atoms with Crippen LogP contribution in [0.15, 0.2) is 48.5 Å². The van der Waals surface area contributed by atoms with Crippen molar-refractivity contribution in [3.63, 3.8) is 0 Å². The topological polar surface area (TPSA) is 98.5 Å². The summed E-state index contributed by atoms with van der Waals surface area (Å²) in [6.07, 6.45) is 0. The fourth-order valence-corrected chi connectivity index (χ4v) is 3.70. The monoisotopic (exact) mass is 350 g/mol. The summed E-state index contributed by atoms with van der Waals surface area (Å²) in [6, 6.07) is 12.3. The molecule has 0 aliphatic rings. The van der Waals surface area contributed by atoms with E-state index >= 15 is 0 Å². The van der Waals surface area contributed by atoms with E-state index in [9.17, 15) is 18.5 Å². The molecule has 0 fully saturated rings. The summed E-state index contributed by atoms with van der Waals surface area (Å²) in [5, 5.41) is 11.0. The Hall–Kier alpha value is -2.45. The van der Waals surface area contributed by atoms with E-state index < -0.39 is 26.7 Å². The molecule has 0 saturated heterocycles. The van der Waals surface area contributed by atoms with E-state index in [0.29, 0.717) is 5.75 Å². The van der Waals surface area contributed by atoms with Crippen LogP contribution in [0, 0.1) is 10.1 Å². The van der Waals surface area contributed by atoms with Crippen LogP contribution in [0.1, 0.15) is 24.1 Å². The lowest BCUT2D eigenvalue weighted by Gasteiger charge is -2.15. The Kier molecular flexibility index (Phi) is 5.53. The summed E-state index contributed by atoms with van der Waals surface area (Å²) in [7, 11) is -2.19. The van der Waals surface area contributed by atoms with Crippen molar-refractivity contribution >= 4 is 15.7 Å². The number of nitro benzene ring substituents is 1. The third kappa shape index (κ3) is 4.53. The van der Waals surface area contributed by atoms with Gasteiger partial charge in [-0.1, -0.05) is 30.3 Å². The van der Waals surface area contributed by atoms with Gasteiger partial charge in [0.25, 0.3) is 5.69 Å². The number of nitro groups is 1. The Morgan fingerprint density at radius 1 is 1.17 bits per heavy atom. The predicted molar refractivity (Wildman–Crippen MR) is 90.3 cm³/mol. The average Bonchev–Trinajstić information content (AvgIpc) is 2.54. The minimum Gasteiger partial charge on any atom is -0.497 e. The van der Waals surface area contributed by atoms with E-state index in [1.54, 1.807) is 44.4 Å². The molecule has 1 N–H and O–H groups in total. The van der Waals surface area contributed by atoms with Gasteiger partial charge in [-0.15, -0.1) is 0 Å². The van der Waals surface area contributed by atoms with Crippen LogP contribution in [0.4, 0.5) is 5.69 Å². The molecule has 0 spiro atoms. The summed E-state index contributed by atoms with van der Waals surface area (Å²) in [4.78, 5) is 10.4. The maximum Gasteiger partial charge on any atom is 0.273 e. The van der Waals surface area contributed by atoms with Crippen LogP contribution in [-0.4, -0.2) is 20.5 Å². The standard InChI is InChI=1S/C16H18N2O5S/c1-12(13-7-9-15(23-2)10-8-13)17-24(21,22)11-14-5-3-4-6-16(14)18(19)20/h3-10,12,17H,11H2,1-2H3. The lowest BCUT2D eigenvalue weighted by molar-refractivity contribution is -0.385. The van der Waals surface area contributed by atoms with Crippen LogP contribution >= 0.6 is 0 Å². The van der Waals surface area contributed by atoms with Gasteiger partial charge in [0.1, 0.15) is 5.75 Å². The van der Waals surface area contributed by atoms with Gasteiger partial charge >= 0.3 is 0 Å². The third-order valence-corrected chi connectivity index (χ3v) is 4.91. The first-order chi connectivity index (χ1) is 11.3. The number of hydrogen-bond donors (Lipinski definition) is 1. The predicted octanol–water partition coefficient (Wildman–Crippen LogP) is 2.78. The van der Waals surface area contributed by atoms with Crippen molar-refractivity contribution in [3.05, 3.63) is 69.8 Å². The molecule has 0 aliphatic heterocycles. The highest BCUT2D eigenvalue weighted by Crippen LogP contribution is 2.22. The van der Waals surface area contributed by atoms with Crippen molar-refractivity contribution in [2.75, 3.05) is 7.11 Å². The molecule has 0 amide bonds. The number of benzene rings is 2. The molecule has 0 aromatic heterocycles. The summed E-state index contributed by atoms with van der Waals surface area (Å²) < 4.78 is 32.2. The second-order valence-electron chi connectivity index (χ2n) is 5.26. The van der Waals surface area contributed by atoms with Crippen LogP contribution in [0.2, 0.25) is 0 Å². The first kappa shape index (κ1) is 17.9. The van der Waals surface area contributed by atoms with E-state index in [1.807, 2.05) is 0 Å². The van der Waals surface area contributed by atoms with Crippen LogP contribution < -0.4 is 9.46 Å². The highest BCUT2D eigenvalue weighted by Gasteiger charge is 2.21. The largest absolute Gasteiger partial charge is 0.497 e. The maximum absolute atomic E-state index is 12.3. The average molecular weight is 350 g/mol. The normalized spacial score (nSPS) is 12.6. The van der Waals surface area contributed by atoms with Gasteiger partial charge in [-0.05, 0) is 24.6 Å². The molecule has 0 heterocycles. The van der Waals surface area contributed by atoms with Crippen LogP contribution in [0.25, 0.3) is 0 Å². The number of sulfonamides is 1. The smallest absolute Gasteiger partial charge is 0.273 e. The molecular formula is C16H18N2O5S. The minimum atomic E-state index is -3.74. The molecule has 1 atom stereocenters. The Morgan fingerprint density at radius 2 is 1.79 bits per heavy atom. The molecule has 0 radical (unpaired) electrons. The molecule has 0 saturated carbocycles. The van der Waals surface area contributed by atoms with Crippen molar-refractivity contribution in [1.82, 2.24) is 4.72 Å². The zero-order valence-electron chi connectivity index (χ0n) is 13.3. The van der Waals surface area contributed by atoms with Gasteiger partial charge in [-0.3, -0.25) is 10.1 Å². The van der Waals surface area contributed by atoms with Crippen molar-refractivity contribution in [2.24, 2.45) is 0 Å². The molecule has 2 aromatic rings. The number of methoxy groups -OCH3 is 1. The molecule has 0 aliphatic carbocycles. The summed E-state index contributed by atoms with van der Waals surface area (Å²) >= 11 is 0. The van der Waals surface area contributed by atoms with E-state index in [0.717, 1.165) is 5.56 Å². The van der Waals surface area contributed by atoms with Crippen molar-refractivity contribution in [3.8, 4) is 5.75 Å². The number of nitrogens with one attached hydrogen (secondary N) is 1. The molecule has 8 heteroatoms. The van der Waals surface area contributed by atoms with Gasteiger partial charge in [0.05, 0.1) is 17.8 Å². The van der Waals surface area contributed by atoms with E-state index in [1.165, 1.54) is 18.2 Å². The lowest BCUT2D eigenvalue weighted by Crippen LogP contribution is -2.28. The summed E-state index contributed by atoms with van der Waals surface area (Å²) in [5.74, 6) is 0.221. The summed E-state index contributed by atoms with van der Waals surface area (Å²) in [5.41, 5.74) is 0.707. The Morgan fingerprint density at radius 3 is 2.38 bits per heavy atom. The van der Waals surface area contributed by atoms with E-state index in [4.69, 9.17) is 4.74 Å². The quantitative estimate of drug-likeness (QED) is 0.611. The number of ether oxygens (including phenoxy) is 1. The fraction of sp³-hybridized carbons (Fsp3) is 0.250. The zero-order valence-corrected chi connectivity index (χ0v) is 14.1. The second-order valence-corrected chi connectivity index (χ2v) is 7.01. The van der Waals surface area contributed by atoms with Crippen LogP contribution in [0.5, 0.6) is 5.75 Å². The molecule has 2 aromatic carbocycles. The van der Waals surface area contributed by atoms with E-state index in [-0.39, 0.29) is 11.3 Å². The number of hydrogen-bond acceptors (Lipinski definition) is 5. The van der Waals surface area contributed by atoms with Gasteiger partial charge in [-0.2, -0.15) is 0 Å². The molecule has 128 valence electrons. The highest BCUT2D eigenvalue weighted by atomic mass is 32.2. The maximum atomic E-state index is 12.3. The van der Waals surface area contributed by atoms with Crippen LogP contribution in [-0.2, 0) is 15.8 Å². The van der Waals surface area contributed by atoms with Crippen molar-refractivity contribution < 1.29 is 18.1 Å². The SMILES string of the molecule is COc1ccc(C(C)NS(=O)(=O)Cc2ccccc2[N+](=O)[O-])cc1.